The third kappa shape index (κ3) is 2.77. The molecule has 1 aromatic carbocycles. The molecule has 0 aliphatic carbocycles. The Bertz CT molecular complexity index is 684. The van der Waals surface area contributed by atoms with Gasteiger partial charge in [-0.25, -0.2) is 4.79 Å². The van der Waals surface area contributed by atoms with Gasteiger partial charge in [0.1, 0.15) is 10.2 Å². The third-order valence-electron chi connectivity index (χ3n) is 3.43. The number of carbonyl (C=O) groups is 1. The quantitative estimate of drug-likeness (QED) is 0.788. The summed E-state index contributed by atoms with van der Waals surface area (Å²) in [7, 11) is 0. The average molecular weight is 352 g/mol. The van der Waals surface area contributed by atoms with Crippen LogP contribution in [-0.2, 0) is 4.74 Å². The highest BCUT2D eigenvalue weighted by Crippen LogP contribution is 2.30. The predicted octanol–water partition coefficient (Wildman–Crippen LogP) is 3.59. The zero-order valence-corrected chi connectivity index (χ0v) is 13.9. The van der Waals surface area contributed by atoms with Crippen LogP contribution in [0.3, 0.4) is 0 Å². The number of hydrogen-bond acceptors (Lipinski definition) is 3. The smallest absolute Gasteiger partial charge is 0.410 e. The van der Waals surface area contributed by atoms with Crippen molar-refractivity contribution in [3.05, 3.63) is 28.9 Å². The first kappa shape index (κ1) is 14.4. The number of amides is 1. The van der Waals surface area contributed by atoms with Crippen molar-refractivity contribution in [3.8, 4) is 0 Å². The molecule has 1 aliphatic rings. The Hall–Kier alpha value is -1.56. The number of likely N-dealkylation sites (tertiary alicyclic amines) is 1. The van der Waals surface area contributed by atoms with Crippen LogP contribution in [0.4, 0.5) is 4.79 Å². The molecule has 0 spiro atoms. The molecule has 21 heavy (non-hydrogen) atoms. The van der Waals surface area contributed by atoms with E-state index in [0.717, 1.165) is 15.5 Å². The number of aromatic nitrogens is 2. The lowest BCUT2D eigenvalue weighted by atomic mass is 10.1. The second-order valence-electron chi connectivity index (χ2n) is 6.29. The molecule has 1 saturated heterocycles. The molecule has 2 aromatic rings. The Labute approximate surface area is 132 Å². The number of para-hydroxylation sites is 1. The van der Waals surface area contributed by atoms with E-state index in [9.17, 15) is 4.79 Å². The van der Waals surface area contributed by atoms with Gasteiger partial charge in [-0.2, -0.15) is 5.10 Å². The van der Waals surface area contributed by atoms with E-state index in [-0.39, 0.29) is 12.1 Å². The lowest BCUT2D eigenvalue weighted by molar-refractivity contribution is 0.000126. The summed E-state index contributed by atoms with van der Waals surface area (Å²) in [6, 6.07) is 8.27. The summed E-state index contributed by atoms with van der Waals surface area (Å²) in [6.45, 7) is 6.89. The van der Waals surface area contributed by atoms with E-state index in [2.05, 4.69) is 21.0 Å². The maximum Gasteiger partial charge on any atom is 0.410 e. The van der Waals surface area contributed by atoms with Gasteiger partial charge in [-0.15, -0.1) is 0 Å². The Morgan fingerprint density at radius 1 is 1.33 bits per heavy atom. The number of hydrogen-bond donors (Lipinski definition) is 0. The molecule has 0 bridgehead atoms. The molecule has 1 amide bonds. The standard InChI is InChI=1S/C15H18BrN3O2/c1-15(2,3)21-14(20)18-8-10(9-18)19-12-7-5-4-6-11(12)13(16)17-19/h4-7,10H,8-9H2,1-3H3. The Kier molecular flexibility index (Phi) is 3.43. The van der Waals surface area contributed by atoms with Crippen molar-refractivity contribution in [1.82, 2.24) is 14.7 Å². The number of fused-ring (bicyclic) bond motifs is 1. The van der Waals surface area contributed by atoms with Gasteiger partial charge < -0.3 is 9.64 Å². The minimum absolute atomic E-state index is 0.203. The maximum absolute atomic E-state index is 12.0. The van der Waals surface area contributed by atoms with Crippen molar-refractivity contribution >= 4 is 32.9 Å². The first-order valence-electron chi connectivity index (χ1n) is 6.96. The molecule has 1 aliphatic heterocycles. The number of halogens is 1. The van der Waals surface area contributed by atoms with Crippen molar-refractivity contribution in [3.63, 3.8) is 0 Å². The Morgan fingerprint density at radius 2 is 2.00 bits per heavy atom. The molecule has 6 heteroatoms. The van der Waals surface area contributed by atoms with Crippen molar-refractivity contribution in [2.24, 2.45) is 0 Å². The van der Waals surface area contributed by atoms with E-state index in [1.807, 2.05) is 49.7 Å². The van der Waals surface area contributed by atoms with Crippen molar-refractivity contribution in [2.75, 3.05) is 13.1 Å². The second-order valence-corrected chi connectivity index (χ2v) is 7.04. The summed E-state index contributed by atoms with van der Waals surface area (Å²) in [5, 5.41) is 5.63. The molecule has 5 nitrogen and oxygen atoms in total. The van der Waals surface area contributed by atoms with Crippen LogP contribution in [0, 0.1) is 0 Å². The molecule has 0 saturated carbocycles. The van der Waals surface area contributed by atoms with Crippen LogP contribution in [0.25, 0.3) is 10.9 Å². The van der Waals surface area contributed by atoms with Gasteiger partial charge in [0.2, 0.25) is 0 Å². The zero-order valence-electron chi connectivity index (χ0n) is 12.3. The molecule has 0 radical (unpaired) electrons. The number of benzene rings is 1. The first-order chi connectivity index (χ1) is 9.85. The van der Waals surface area contributed by atoms with Crippen LogP contribution < -0.4 is 0 Å². The molecule has 1 fully saturated rings. The summed E-state index contributed by atoms with van der Waals surface area (Å²) in [4.78, 5) is 13.7. The molecule has 112 valence electrons. The van der Waals surface area contributed by atoms with Crippen LogP contribution in [0.5, 0.6) is 0 Å². The zero-order chi connectivity index (χ0) is 15.2. The Morgan fingerprint density at radius 3 is 2.67 bits per heavy atom. The van der Waals surface area contributed by atoms with E-state index >= 15 is 0 Å². The molecular formula is C15H18BrN3O2. The van der Waals surface area contributed by atoms with E-state index in [0.29, 0.717) is 13.1 Å². The fourth-order valence-electron chi connectivity index (χ4n) is 2.41. The molecule has 1 aromatic heterocycles. The summed E-state index contributed by atoms with van der Waals surface area (Å²) in [5.74, 6) is 0. The van der Waals surface area contributed by atoms with Gasteiger partial charge >= 0.3 is 6.09 Å². The van der Waals surface area contributed by atoms with Crippen molar-refractivity contribution in [2.45, 2.75) is 32.4 Å². The van der Waals surface area contributed by atoms with Gasteiger partial charge in [0.15, 0.2) is 0 Å². The van der Waals surface area contributed by atoms with Gasteiger partial charge in [-0.3, -0.25) is 4.68 Å². The second kappa shape index (κ2) is 5.02. The van der Waals surface area contributed by atoms with E-state index in [4.69, 9.17) is 4.74 Å². The number of rotatable bonds is 1. The van der Waals surface area contributed by atoms with Crippen LogP contribution >= 0.6 is 15.9 Å². The van der Waals surface area contributed by atoms with E-state index in [1.54, 1.807) is 4.90 Å². The molecule has 0 atom stereocenters. The van der Waals surface area contributed by atoms with Crippen LogP contribution in [-0.4, -0.2) is 39.5 Å². The van der Waals surface area contributed by atoms with Gasteiger partial charge in [-0.05, 0) is 42.8 Å². The fraction of sp³-hybridized carbons (Fsp3) is 0.467. The predicted molar refractivity (Wildman–Crippen MR) is 84.3 cm³/mol. The highest BCUT2D eigenvalue weighted by molar-refractivity contribution is 9.10. The van der Waals surface area contributed by atoms with E-state index in [1.165, 1.54) is 0 Å². The normalized spacial score (nSPS) is 16.1. The number of carbonyl (C=O) groups excluding carboxylic acids is 1. The largest absolute Gasteiger partial charge is 0.444 e. The summed E-state index contributed by atoms with van der Waals surface area (Å²) >= 11 is 3.49. The van der Waals surface area contributed by atoms with Crippen LogP contribution in [0.2, 0.25) is 0 Å². The Balaban J connectivity index is 1.72. The maximum atomic E-state index is 12.0. The highest BCUT2D eigenvalue weighted by Gasteiger charge is 2.36. The third-order valence-corrected chi connectivity index (χ3v) is 4.01. The molecule has 0 unspecified atom stereocenters. The average Bonchev–Trinajstić information content (AvgIpc) is 2.64. The summed E-state index contributed by atoms with van der Waals surface area (Å²) in [6.07, 6.45) is -0.255. The molecule has 3 rings (SSSR count). The molecule has 0 N–H and O–H groups in total. The van der Waals surface area contributed by atoms with Gasteiger partial charge in [0, 0.05) is 18.5 Å². The fourth-order valence-corrected chi connectivity index (χ4v) is 2.92. The topological polar surface area (TPSA) is 47.4 Å². The molecule has 2 heterocycles. The number of nitrogens with zero attached hydrogens (tertiary/aromatic N) is 3. The molecular weight excluding hydrogens is 334 g/mol. The van der Waals surface area contributed by atoms with Crippen LogP contribution in [0.1, 0.15) is 26.8 Å². The van der Waals surface area contributed by atoms with Gasteiger partial charge in [-0.1, -0.05) is 18.2 Å². The first-order valence-corrected chi connectivity index (χ1v) is 7.75. The number of ether oxygens (including phenoxy) is 1. The van der Waals surface area contributed by atoms with Gasteiger partial charge in [0.05, 0.1) is 11.6 Å². The van der Waals surface area contributed by atoms with Gasteiger partial charge in [0.25, 0.3) is 0 Å². The minimum Gasteiger partial charge on any atom is -0.444 e. The van der Waals surface area contributed by atoms with Crippen molar-refractivity contribution in [1.29, 1.82) is 0 Å². The monoisotopic (exact) mass is 351 g/mol. The lowest BCUT2D eigenvalue weighted by Gasteiger charge is -2.39. The summed E-state index contributed by atoms with van der Waals surface area (Å²) in [5.41, 5.74) is 0.627. The minimum atomic E-state index is -0.455. The SMILES string of the molecule is CC(C)(C)OC(=O)N1CC(n2nc(Br)c3ccccc32)C1. The van der Waals surface area contributed by atoms with Crippen molar-refractivity contribution < 1.29 is 9.53 Å². The van der Waals surface area contributed by atoms with E-state index < -0.39 is 5.60 Å². The van der Waals surface area contributed by atoms with Crippen LogP contribution in [0.15, 0.2) is 28.9 Å². The highest BCUT2D eigenvalue weighted by atomic mass is 79.9. The lowest BCUT2D eigenvalue weighted by Crippen LogP contribution is -2.52. The summed E-state index contributed by atoms with van der Waals surface area (Å²) < 4.78 is 8.19.